The molecular weight excluding hydrogens is 368 g/mol. The van der Waals surface area contributed by atoms with E-state index in [4.69, 9.17) is 4.52 Å². The summed E-state index contributed by atoms with van der Waals surface area (Å²) in [6.45, 7) is 0.362. The lowest BCUT2D eigenvalue weighted by atomic mass is 10.2. The summed E-state index contributed by atoms with van der Waals surface area (Å²) >= 11 is 0. The van der Waals surface area contributed by atoms with Crippen molar-refractivity contribution in [3.63, 3.8) is 0 Å². The first-order valence-corrected chi connectivity index (χ1v) is 9.52. The second kappa shape index (κ2) is 6.10. The summed E-state index contributed by atoms with van der Waals surface area (Å²) in [6, 6.07) is 13.4. The van der Waals surface area contributed by atoms with E-state index < -0.39 is 0 Å². The molecule has 142 valence electrons. The van der Waals surface area contributed by atoms with Crippen LogP contribution in [0.1, 0.15) is 30.3 Å². The van der Waals surface area contributed by atoms with Crippen LogP contribution in [0.2, 0.25) is 0 Å². The highest BCUT2D eigenvalue weighted by Gasteiger charge is 2.30. The van der Waals surface area contributed by atoms with Crippen molar-refractivity contribution >= 4 is 16.6 Å². The lowest BCUT2D eigenvalue weighted by molar-refractivity contribution is 0.380. The largest absolute Gasteiger partial charge is 0.339 e. The van der Waals surface area contributed by atoms with Gasteiger partial charge in [-0.15, -0.1) is 0 Å². The first-order chi connectivity index (χ1) is 14.3. The molecule has 0 amide bonds. The Bertz CT molecular complexity index is 1410. The second-order valence-electron chi connectivity index (χ2n) is 7.24. The zero-order valence-corrected chi connectivity index (χ0v) is 15.4. The van der Waals surface area contributed by atoms with Crippen molar-refractivity contribution in [2.24, 2.45) is 0 Å². The minimum absolute atomic E-state index is 0.167. The Morgan fingerprint density at radius 1 is 1.03 bits per heavy atom. The van der Waals surface area contributed by atoms with Gasteiger partial charge in [0.25, 0.3) is 5.56 Å². The summed E-state index contributed by atoms with van der Waals surface area (Å²) in [6.07, 6.45) is 5.50. The monoisotopic (exact) mass is 384 g/mol. The van der Waals surface area contributed by atoms with Gasteiger partial charge >= 0.3 is 0 Å². The highest BCUT2D eigenvalue weighted by atomic mass is 16.5. The van der Waals surface area contributed by atoms with Gasteiger partial charge in [0.1, 0.15) is 17.5 Å². The molecule has 0 saturated heterocycles. The minimum atomic E-state index is -0.167. The topological polar surface area (TPSA) is 91.1 Å². The number of fused-ring (bicyclic) bond motifs is 3. The molecule has 1 aliphatic rings. The quantitative estimate of drug-likeness (QED) is 0.473. The van der Waals surface area contributed by atoms with Gasteiger partial charge in [-0.25, -0.2) is 4.98 Å². The van der Waals surface area contributed by atoms with E-state index in [1.54, 1.807) is 21.5 Å². The highest BCUT2D eigenvalue weighted by molar-refractivity contribution is 5.83. The molecule has 0 atom stereocenters. The van der Waals surface area contributed by atoms with Gasteiger partial charge in [0, 0.05) is 12.1 Å². The summed E-state index contributed by atoms with van der Waals surface area (Å²) in [5.41, 5.74) is 3.20. The number of nitrogens with zero attached hydrogens (tertiary/aromatic N) is 6. The van der Waals surface area contributed by atoms with Crippen molar-refractivity contribution in [3.8, 4) is 11.5 Å². The van der Waals surface area contributed by atoms with Crippen molar-refractivity contribution in [2.75, 3.05) is 0 Å². The molecule has 1 fully saturated rings. The van der Waals surface area contributed by atoms with Crippen LogP contribution in [0.5, 0.6) is 0 Å². The number of para-hydroxylation sites is 2. The van der Waals surface area contributed by atoms with E-state index in [1.165, 1.54) is 0 Å². The lowest BCUT2D eigenvalue weighted by Crippen LogP contribution is -2.24. The molecule has 8 nitrogen and oxygen atoms in total. The summed E-state index contributed by atoms with van der Waals surface area (Å²) in [4.78, 5) is 26.9. The molecule has 0 bridgehead atoms. The van der Waals surface area contributed by atoms with Gasteiger partial charge in [0.15, 0.2) is 0 Å². The Hall–Kier alpha value is -3.81. The molecule has 6 rings (SSSR count). The zero-order chi connectivity index (χ0) is 19.4. The normalized spacial score (nSPS) is 14.1. The van der Waals surface area contributed by atoms with Crippen LogP contribution in [0.25, 0.3) is 28.1 Å². The molecule has 0 aliphatic heterocycles. The van der Waals surface area contributed by atoms with Crippen molar-refractivity contribution in [1.82, 2.24) is 29.1 Å². The molecule has 0 spiro atoms. The van der Waals surface area contributed by atoms with Crippen molar-refractivity contribution in [2.45, 2.75) is 25.3 Å². The summed E-state index contributed by atoms with van der Waals surface area (Å²) in [7, 11) is 0. The Balaban J connectivity index is 1.61. The molecule has 0 radical (unpaired) electrons. The van der Waals surface area contributed by atoms with E-state index >= 15 is 0 Å². The molecule has 1 aromatic carbocycles. The predicted octanol–water partition coefficient (Wildman–Crippen LogP) is 3.02. The van der Waals surface area contributed by atoms with Crippen molar-refractivity contribution < 1.29 is 4.52 Å². The van der Waals surface area contributed by atoms with Gasteiger partial charge in [0.2, 0.25) is 11.7 Å². The number of imidazole rings is 1. The molecule has 8 heteroatoms. The van der Waals surface area contributed by atoms with Crippen molar-refractivity contribution in [1.29, 1.82) is 0 Å². The van der Waals surface area contributed by atoms with Crippen LogP contribution in [0, 0.1) is 0 Å². The number of aromatic nitrogens is 6. The summed E-state index contributed by atoms with van der Waals surface area (Å²) in [5.74, 6) is 1.31. The first-order valence-electron chi connectivity index (χ1n) is 9.52. The molecular formula is C21H16N6O2. The number of hydrogen-bond acceptors (Lipinski definition) is 6. The third-order valence-electron chi connectivity index (χ3n) is 5.27. The third kappa shape index (κ3) is 2.56. The van der Waals surface area contributed by atoms with E-state index in [-0.39, 0.29) is 5.56 Å². The number of benzene rings is 1. The number of hydrogen-bond donors (Lipinski definition) is 0. The van der Waals surface area contributed by atoms with Crippen LogP contribution in [0.15, 0.2) is 64.3 Å². The van der Waals surface area contributed by atoms with Crippen LogP contribution < -0.4 is 5.56 Å². The average Bonchev–Trinajstić information content (AvgIpc) is 3.32. The van der Waals surface area contributed by atoms with Gasteiger partial charge in [-0.05, 0) is 37.1 Å². The number of pyridine rings is 1. The Labute approximate surface area is 164 Å². The van der Waals surface area contributed by atoms with Gasteiger partial charge in [-0.2, -0.15) is 4.98 Å². The Kier molecular flexibility index (Phi) is 3.40. The van der Waals surface area contributed by atoms with E-state index in [1.807, 2.05) is 42.5 Å². The maximum atomic E-state index is 13.5. The van der Waals surface area contributed by atoms with E-state index in [0.717, 1.165) is 29.6 Å². The zero-order valence-electron chi connectivity index (χ0n) is 15.4. The lowest BCUT2D eigenvalue weighted by Gasteiger charge is -2.12. The highest BCUT2D eigenvalue weighted by Crippen LogP contribution is 2.39. The van der Waals surface area contributed by atoms with E-state index in [2.05, 4.69) is 20.1 Å². The fourth-order valence-corrected chi connectivity index (χ4v) is 3.67. The molecule has 0 unspecified atom stereocenters. The standard InChI is InChI=1S/C21H16N6O2/c28-21-18-17(19-24-20(29-25-19)13-8-9-13)23-12-27(18)16-7-2-1-6-15(16)26(21)11-14-5-3-4-10-22-14/h1-7,10,12-13H,8-9,11H2. The van der Waals surface area contributed by atoms with Crippen LogP contribution >= 0.6 is 0 Å². The van der Waals surface area contributed by atoms with Crippen LogP contribution in [-0.2, 0) is 6.54 Å². The Morgan fingerprint density at radius 2 is 1.86 bits per heavy atom. The van der Waals surface area contributed by atoms with Crippen LogP contribution in [0.3, 0.4) is 0 Å². The molecule has 4 aromatic heterocycles. The maximum Gasteiger partial charge on any atom is 0.278 e. The molecule has 1 aliphatic carbocycles. The van der Waals surface area contributed by atoms with Crippen LogP contribution in [0.4, 0.5) is 0 Å². The van der Waals surface area contributed by atoms with Crippen molar-refractivity contribution in [3.05, 3.63) is 76.9 Å². The average molecular weight is 384 g/mol. The first kappa shape index (κ1) is 16.2. The van der Waals surface area contributed by atoms with Gasteiger partial charge in [0.05, 0.1) is 23.3 Å². The smallest absolute Gasteiger partial charge is 0.278 e. The molecule has 1 saturated carbocycles. The minimum Gasteiger partial charge on any atom is -0.339 e. The van der Waals surface area contributed by atoms with Gasteiger partial charge < -0.3 is 4.52 Å². The van der Waals surface area contributed by atoms with Crippen LogP contribution in [-0.4, -0.2) is 29.1 Å². The molecule has 4 heterocycles. The fourth-order valence-electron chi connectivity index (χ4n) is 3.67. The fraction of sp³-hybridized carbons (Fsp3) is 0.190. The van der Waals surface area contributed by atoms with Gasteiger partial charge in [-0.3, -0.25) is 18.7 Å². The summed E-state index contributed by atoms with van der Waals surface area (Å²) < 4.78 is 8.91. The van der Waals surface area contributed by atoms with E-state index in [0.29, 0.717) is 35.4 Å². The number of rotatable bonds is 4. The van der Waals surface area contributed by atoms with E-state index in [9.17, 15) is 4.79 Å². The third-order valence-corrected chi connectivity index (χ3v) is 5.27. The molecule has 5 aromatic rings. The molecule has 29 heavy (non-hydrogen) atoms. The van der Waals surface area contributed by atoms with Gasteiger partial charge in [-0.1, -0.05) is 23.4 Å². The predicted molar refractivity (Wildman–Crippen MR) is 106 cm³/mol. The summed E-state index contributed by atoms with van der Waals surface area (Å²) in [5, 5.41) is 4.08. The second-order valence-corrected chi connectivity index (χ2v) is 7.24. The Morgan fingerprint density at radius 3 is 2.66 bits per heavy atom. The SMILES string of the molecule is O=c1c2c(-c3noc(C4CC4)n3)ncn2c2ccccc2n1Cc1ccccn1. The molecule has 0 N–H and O–H groups in total. The maximum absolute atomic E-state index is 13.5.